The highest BCUT2D eigenvalue weighted by molar-refractivity contribution is 6.25. The van der Waals surface area contributed by atoms with Crippen LogP contribution in [0.5, 0.6) is 0 Å². The summed E-state index contributed by atoms with van der Waals surface area (Å²) < 4.78 is 9.73. The summed E-state index contributed by atoms with van der Waals surface area (Å²) >= 11 is 0. The van der Waals surface area contributed by atoms with E-state index in [0.29, 0.717) is 0 Å². The maximum atomic E-state index is 2.45. The smallest absolute Gasteiger partial charge is 0.0563 e. The molecule has 4 nitrogen and oxygen atoms in total. The van der Waals surface area contributed by atoms with Crippen molar-refractivity contribution in [1.29, 1.82) is 0 Å². The first-order chi connectivity index (χ1) is 28.8. The van der Waals surface area contributed by atoms with Crippen LogP contribution in [0.15, 0.2) is 206 Å². The van der Waals surface area contributed by atoms with Gasteiger partial charge in [0.05, 0.1) is 44.1 Å². The van der Waals surface area contributed by atoms with Gasteiger partial charge in [-0.05, 0) is 102 Å². The molecule has 0 aliphatic rings. The predicted octanol–water partition coefficient (Wildman–Crippen LogP) is 14.0. The highest BCUT2D eigenvalue weighted by atomic mass is 15.0. The van der Waals surface area contributed by atoms with Crippen molar-refractivity contribution in [3.8, 4) is 33.9 Å². The summed E-state index contributed by atoms with van der Waals surface area (Å²) in [6.45, 7) is 0. The zero-order valence-corrected chi connectivity index (χ0v) is 31.4. The first kappa shape index (κ1) is 31.4. The first-order valence-corrected chi connectivity index (χ1v) is 19.9. The number of hydrogen-bond donors (Lipinski definition) is 0. The van der Waals surface area contributed by atoms with Gasteiger partial charge in [0, 0.05) is 55.1 Å². The molecule has 0 radical (unpaired) electrons. The van der Waals surface area contributed by atoms with Crippen LogP contribution in [0.2, 0.25) is 0 Å². The van der Waals surface area contributed by atoms with Gasteiger partial charge in [0.15, 0.2) is 0 Å². The number of para-hydroxylation sites is 3. The van der Waals surface area contributed by atoms with Crippen LogP contribution < -0.4 is 0 Å². The van der Waals surface area contributed by atoms with E-state index >= 15 is 0 Å². The minimum atomic E-state index is 1.13. The molecular formula is C54H34N4. The van der Waals surface area contributed by atoms with E-state index in [1.165, 1.54) is 93.3 Å². The largest absolute Gasteiger partial charge is 0.309 e. The minimum Gasteiger partial charge on any atom is -0.309 e. The molecule has 0 spiro atoms. The molecule has 0 aliphatic heterocycles. The van der Waals surface area contributed by atoms with Gasteiger partial charge < -0.3 is 18.3 Å². The number of nitrogens with zero attached hydrogens (tertiary/aromatic N) is 4. The lowest BCUT2D eigenvalue weighted by atomic mass is 10.1. The summed E-state index contributed by atoms with van der Waals surface area (Å²) in [7, 11) is 0. The van der Waals surface area contributed by atoms with E-state index in [-0.39, 0.29) is 0 Å². The second kappa shape index (κ2) is 11.8. The number of rotatable bonds is 5. The third kappa shape index (κ3) is 4.29. The summed E-state index contributed by atoms with van der Waals surface area (Å²) in [5.41, 5.74) is 16.7. The van der Waals surface area contributed by atoms with Crippen molar-refractivity contribution in [3.05, 3.63) is 206 Å². The summed E-state index contributed by atoms with van der Waals surface area (Å²) in [6.07, 6.45) is 0. The zero-order valence-electron chi connectivity index (χ0n) is 31.4. The van der Waals surface area contributed by atoms with Gasteiger partial charge in [0.25, 0.3) is 0 Å². The van der Waals surface area contributed by atoms with E-state index in [9.17, 15) is 0 Å². The Morgan fingerprint density at radius 3 is 1.12 bits per heavy atom. The Bertz CT molecular complexity index is 3620. The van der Waals surface area contributed by atoms with Gasteiger partial charge in [-0.1, -0.05) is 115 Å². The fourth-order valence-electron chi connectivity index (χ4n) is 9.94. The molecule has 0 saturated carbocycles. The molecule has 0 saturated heterocycles. The molecular weight excluding hydrogens is 705 g/mol. The molecule has 13 aromatic rings. The highest BCUT2D eigenvalue weighted by Gasteiger charge is 2.23. The molecule has 13 rings (SSSR count). The normalized spacial score (nSPS) is 12.1. The van der Waals surface area contributed by atoms with Crippen molar-refractivity contribution in [2.75, 3.05) is 0 Å². The SMILES string of the molecule is c1ccc(-c2cccc(-n3c4cccc5c4c4c3cccc4n5-c3cccc(-n4c5ccccc5c5cc(-n6c7ccccc7c7ccccc76)ccc54)c3)c2)cc1. The Morgan fingerprint density at radius 2 is 0.569 bits per heavy atom. The van der Waals surface area contributed by atoms with E-state index in [4.69, 9.17) is 0 Å². The fraction of sp³-hybridized carbons (Fsp3) is 0. The van der Waals surface area contributed by atoms with Gasteiger partial charge in [-0.3, -0.25) is 0 Å². The standard InChI is InChI=1S/C54H34N4/c1-2-14-35(15-3-1)36-16-10-17-37(32-36)57-49-26-12-28-51-53(49)54-50(57)27-13-29-52(54)58(51)39-19-11-18-38(33-39)55-47-25-9-6-22-43(47)44-34-40(30-31-48(44)55)56-45-23-7-4-20-41(45)42-21-5-8-24-46(42)56/h1-34H. The maximum Gasteiger partial charge on any atom is 0.0563 e. The molecule has 9 aromatic carbocycles. The molecule has 0 fully saturated rings. The number of hydrogen-bond acceptors (Lipinski definition) is 0. The van der Waals surface area contributed by atoms with E-state index in [1.54, 1.807) is 0 Å². The van der Waals surface area contributed by atoms with Crippen LogP contribution in [-0.4, -0.2) is 18.3 Å². The van der Waals surface area contributed by atoms with Gasteiger partial charge >= 0.3 is 0 Å². The maximum absolute atomic E-state index is 2.45. The van der Waals surface area contributed by atoms with Crippen LogP contribution in [0.25, 0.3) is 110 Å². The van der Waals surface area contributed by atoms with Gasteiger partial charge in [0.1, 0.15) is 0 Å². The van der Waals surface area contributed by atoms with Gasteiger partial charge in [-0.25, -0.2) is 0 Å². The van der Waals surface area contributed by atoms with Crippen LogP contribution in [0.3, 0.4) is 0 Å². The molecule has 58 heavy (non-hydrogen) atoms. The predicted molar refractivity (Wildman–Crippen MR) is 243 cm³/mol. The lowest BCUT2D eigenvalue weighted by molar-refractivity contribution is 1.13. The Labute approximate surface area is 333 Å². The molecule has 0 bridgehead atoms. The second-order valence-electron chi connectivity index (χ2n) is 15.4. The van der Waals surface area contributed by atoms with E-state index in [2.05, 4.69) is 225 Å². The van der Waals surface area contributed by atoms with E-state index < -0.39 is 0 Å². The lowest BCUT2D eigenvalue weighted by Crippen LogP contribution is -2.00. The molecule has 4 heteroatoms. The Hall–Kier alpha value is -7.82. The number of benzene rings is 9. The fourth-order valence-corrected chi connectivity index (χ4v) is 9.94. The van der Waals surface area contributed by atoms with Crippen molar-refractivity contribution in [3.63, 3.8) is 0 Å². The summed E-state index contributed by atoms with van der Waals surface area (Å²) in [4.78, 5) is 0. The molecule has 0 atom stereocenters. The molecule has 0 amide bonds. The van der Waals surface area contributed by atoms with E-state index in [1.807, 2.05) is 0 Å². The molecule has 4 aromatic heterocycles. The molecule has 0 unspecified atom stereocenters. The molecule has 4 heterocycles. The lowest BCUT2D eigenvalue weighted by Gasteiger charge is -2.15. The zero-order chi connectivity index (χ0) is 37.9. The van der Waals surface area contributed by atoms with Crippen molar-refractivity contribution in [2.45, 2.75) is 0 Å². The number of aromatic nitrogens is 4. The summed E-state index contributed by atoms with van der Waals surface area (Å²) in [6, 6.07) is 75.3. The average Bonchev–Trinajstić information content (AvgIpc) is 4.02. The van der Waals surface area contributed by atoms with Crippen LogP contribution in [-0.2, 0) is 0 Å². The average molecular weight is 739 g/mol. The van der Waals surface area contributed by atoms with Crippen molar-refractivity contribution in [2.24, 2.45) is 0 Å². The van der Waals surface area contributed by atoms with Crippen LogP contribution in [0.1, 0.15) is 0 Å². The Morgan fingerprint density at radius 1 is 0.207 bits per heavy atom. The first-order valence-electron chi connectivity index (χ1n) is 19.9. The van der Waals surface area contributed by atoms with Gasteiger partial charge in [0.2, 0.25) is 0 Å². The Balaban J connectivity index is 0.991. The van der Waals surface area contributed by atoms with Gasteiger partial charge in [-0.2, -0.15) is 0 Å². The van der Waals surface area contributed by atoms with E-state index in [0.717, 1.165) is 17.1 Å². The topological polar surface area (TPSA) is 19.7 Å². The summed E-state index contributed by atoms with van der Waals surface area (Å²) in [5.74, 6) is 0. The second-order valence-corrected chi connectivity index (χ2v) is 15.4. The van der Waals surface area contributed by atoms with Crippen LogP contribution >= 0.6 is 0 Å². The van der Waals surface area contributed by atoms with Crippen molar-refractivity contribution >= 4 is 76.5 Å². The quantitative estimate of drug-likeness (QED) is 0.168. The third-order valence-corrected chi connectivity index (χ3v) is 12.3. The van der Waals surface area contributed by atoms with Crippen LogP contribution in [0, 0.1) is 0 Å². The summed E-state index contributed by atoms with van der Waals surface area (Å²) in [5, 5.41) is 7.59. The molecule has 270 valence electrons. The minimum absolute atomic E-state index is 1.13. The monoisotopic (exact) mass is 738 g/mol. The van der Waals surface area contributed by atoms with Crippen LogP contribution in [0.4, 0.5) is 0 Å². The highest BCUT2D eigenvalue weighted by Crippen LogP contribution is 2.43. The Kier molecular flexibility index (Phi) is 6.41. The third-order valence-electron chi connectivity index (χ3n) is 12.3. The molecule has 0 aliphatic carbocycles. The number of fused-ring (bicyclic) bond motifs is 6. The molecule has 0 N–H and O–H groups in total. The van der Waals surface area contributed by atoms with Crippen molar-refractivity contribution < 1.29 is 0 Å². The van der Waals surface area contributed by atoms with Crippen molar-refractivity contribution in [1.82, 2.24) is 18.3 Å². The van der Waals surface area contributed by atoms with Gasteiger partial charge in [-0.15, -0.1) is 0 Å².